The second kappa shape index (κ2) is 12.7. The van der Waals surface area contributed by atoms with Crippen LogP contribution in [0.4, 0.5) is 8.78 Å². The Hall–Kier alpha value is -3.40. The molecule has 37 heavy (non-hydrogen) atoms. The number of halogens is 2. The molecule has 4 rings (SSSR count). The lowest BCUT2D eigenvalue weighted by molar-refractivity contribution is -0.123. The number of benzene rings is 2. The van der Waals surface area contributed by atoms with Crippen LogP contribution in [0.2, 0.25) is 0 Å². The van der Waals surface area contributed by atoms with Crippen LogP contribution in [0.3, 0.4) is 0 Å². The van der Waals surface area contributed by atoms with Crippen LogP contribution in [0.15, 0.2) is 72.2 Å². The molecule has 0 aliphatic heterocycles. The van der Waals surface area contributed by atoms with Crippen molar-refractivity contribution >= 4 is 17.2 Å². The number of carbonyl (C=O) groups is 1. The molecule has 0 aliphatic rings. The number of hydrogen-bond donors (Lipinski definition) is 3. The summed E-state index contributed by atoms with van der Waals surface area (Å²) in [6, 6.07) is 16.3. The molecule has 0 saturated heterocycles. The van der Waals surface area contributed by atoms with Gasteiger partial charge < -0.3 is 15.7 Å². The van der Waals surface area contributed by atoms with E-state index < -0.39 is 23.8 Å². The molecular weight excluding hydrogens is 494 g/mol. The van der Waals surface area contributed by atoms with Gasteiger partial charge in [-0.15, -0.1) is 11.3 Å². The highest BCUT2D eigenvalue weighted by atomic mass is 32.1. The maximum absolute atomic E-state index is 13.8. The van der Waals surface area contributed by atoms with E-state index in [4.69, 9.17) is 0 Å². The summed E-state index contributed by atoms with van der Waals surface area (Å²) in [6.07, 6.45) is 1.71. The lowest BCUT2D eigenvalue weighted by Gasteiger charge is -2.25. The van der Waals surface area contributed by atoms with Gasteiger partial charge in [-0.05, 0) is 59.2 Å². The maximum Gasteiger partial charge on any atom is 0.242 e. The van der Waals surface area contributed by atoms with Gasteiger partial charge in [-0.25, -0.2) is 8.78 Å². The van der Waals surface area contributed by atoms with Gasteiger partial charge in [0.15, 0.2) is 0 Å². The van der Waals surface area contributed by atoms with E-state index in [1.165, 1.54) is 22.4 Å². The van der Waals surface area contributed by atoms with Gasteiger partial charge >= 0.3 is 0 Å². The topological polar surface area (TPSA) is 79.2 Å². The van der Waals surface area contributed by atoms with Gasteiger partial charge in [0, 0.05) is 25.4 Å². The van der Waals surface area contributed by atoms with E-state index >= 15 is 0 Å². The van der Waals surface area contributed by atoms with Gasteiger partial charge in [-0.3, -0.25) is 9.48 Å². The Morgan fingerprint density at radius 2 is 1.84 bits per heavy atom. The number of aliphatic hydroxyl groups excluding tert-OH is 1. The lowest BCUT2D eigenvalue weighted by atomic mass is 10.0. The van der Waals surface area contributed by atoms with Gasteiger partial charge in [0.1, 0.15) is 23.9 Å². The van der Waals surface area contributed by atoms with Crippen LogP contribution in [-0.4, -0.2) is 39.5 Å². The van der Waals surface area contributed by atoms with Crippen molar-refractivity contribution in [3.8, 4) is 10.6 Å². The molecule has 194 valence electrons. The van der Waals surface area contributed by atoms with Crippen LogP contribution in [0, 0.1) is 11.6 Å². The molecule has 2 aromatic heterocycles. The van der Waals surface area contributed by atoms with E-state index in [-0.39, 0.29) is 25.4 Å². The fourth-order valence-corrected chi connectivity index (χ4v) is 4.83. The Balaban J connectivity index is 1.41. The van der Waals surface area contributed by atoms with Gasteiger partial charge in [0.2, 0.25) is 5.91 Å². The molecule has 0 radical (unpaired) electrons. The summed E-state index contributed by atoms with van der Waals surface area (Å²) in [7, 11) is 0. The Bertz CT molecular complexity index is 1290. The number of rotatable bonds is 12. The molecule has 3 N–H and O–H groups in total. The Morgan fingerprint density at radius 3 is 2.57 bits per heavy atom. The Morgan fingerprint density at radius 1 is 1.05 bits per heavy atom. The van der Waals surface area contributed by atoms with E-state index in [1.807, 2.05) is 35.7 Å². The van der Waals surface area contributed by atoms with Crippen LogP contribution < -0.4 is 10.6 Å². The first-order valence-corrected chi connectivity index (χ1v) is 13.1. The lowest BCUT2D eigenvalue weighted by Crippen LogP contribution is -2.49. The first-order chi connectivity index (χ1) is 17.9. The van der Waals surface area contributed by atoms with Crippen LogP contribution in [0.5, 0.6) is 0 Å². The molecule has 0 spiro atoms. The van der Waals surface area contributed by atoms with E-state index in [0.29, 0.717) is 12.1 Å². The molecule has 9 heteroatoms. The van der Waals surface area contributed by atoms with Crippen molar-refractivity contribution in [3.05, 3.63) is 101 Å². The van der Waals surface area contributed by atoms with Crippen molar-refractivity contribution in [3.63, 3.8) is 0 Å². The summed E-state index contributed by atoms with van der Waals surface area (Å²) in [5.74, 6) is -1.78. The highest BCUT2D eigenvalue weighted by Gasteiger charge is 2.23. The monoisotopic (exact) mass is 524 g/mol. The van der Waals surface area contributed by atoms with Crippen molar-refractivity contribution in [1.82, 2.24) is 20.4 Å². The van der Waals surface area contributed by atoms with Gasteiger partial charge in [0.05, 0.1) is 17.0 Å². The highest BCUT2D eigenvalue weighted by Crippen LogP contribution is 2.22. The third-order valence-corrected chi connectivity index (χ3v) is 6.88. The summed E-state index contributed by atoms with van der Waals surface area (Å²) in [5.41, 5.74) is 3.42. The number of thiophene rings is 1. The first kappa shape index (κ1) is 26.7. The number of hydrogen-bond acceptors (Lipinski definition) is 5. The normalized spacial score (nSPS) is 12.9. The summed E-state index contributed by atoms with van der Waals surface area (Å²) in [4.78, 5) is 13.9. The zero-order valence-electron chi connectivity index (χ0n) is 20.5. The van der Waals surface area contributed by atoms with Crippen LogP contribution in [0.1, 0.15) is 23.6 Å². The molecule has 0 saturated carbocycles. The molecule has 0 bridgehead atoms. The van der Waals surface area contributed by atoms with Crippen molar-refractivity contribution in [2.45, 2.75) is 45.0 Å². The predicted octanol–water partition coefficient (Wildman–Crippen LogP) is 4.33. The molecule has 0 fully saturated rings. The summed E-state index contributed by atoms with van der Waals surface area (Å²) in [6.45, 7) is 2.76. The number of aryl methyl sites for hydroxylation is 1. The molecule has 2 heterocycles. The van der Waals surface area contributed by atoms with Gasteiger partial charge in [-0.1, -0.05) is 37.3 Å². The number of carbonyl (C=O) groups excluding carboxylic acids is 1. The average molecular weight is 525 g/mol. The average Bonchev–Trinajstić information content (AvgIpc) is 3.55. The van der Waals surface area contributed by atoms with Crippen LogP contribution >= 0.6 is 11.3 Å². The number of nitrogens with zero attached hydrogens (tertiary/aromatic N) is 2. The number of aliphatic hydroxyl groups is 1. The fraction of sp³-hybridized carbons (Fsp3) is 0.286. The molecule has 6 nitrogen and oxygen atoms in total. The minimum absolute atomic E-state index is 0.0522. The SMILES string of the molecule is CCc1cccc(CNC[C@@H](O)[C@H](Cc2cc(F)cc(F)c2)NC(=O)Cn2ccc(-c3cccs3)n2)c1. The van der Waals surface area contributed by atoms with E-state index in [0.717, 1.165) is 28.6 Å². The largest absolute Gasteiger partial charge is 0.390 e. The zero-order chi connectivity index (χ0) is 26.2. The number of aromatic nitrogens is 2. The zero-order valence-corrected chi connectivity index (χ0v) is 21.3. The third-order valence-electron chi connectivity index (χ3n) is 5.99. The standard InChI is InChI=1S/C28H30F2N4O2S/c1-2-19-5-3-6-20(11-19)16-31-17-26(35)25(14-21-12-22(29)15-23(30)13-21)32-28(36)18-34-9-8-24(33-34)27-7-4-10-37-27/h3-13,15,25-26,31,35H,2,14,16-18H2,1H3,(H,32,36)/t25-,26+/m0/s1. The van der Waals surface area contributed by atoms with E-state index in [9.17, 15) is 18.7 Å². The van der Waals surface area contributed by atoms with Crippen molar-refractivity contribution < 1.29 is 18.7 Å². The predicted molar refractivity (Wildman–Crippen MR) is 141 cm³/mol. The minimum Gasteiger partial charge on any atom is -0.390 e. The quantitative estimate of drug-likeness (QED) is 0.258. The Kier molecular flexibility index (Phi) is 9.16. The molecule has 2 aromatic carbocycles. The summed E-state index contributed by atoms with van der Waals surface area (Å²) >= 11 is 1.56. The van der Waals surface area contributed by atoms with Crippen molar-refractivity contribution in [2.75, 3.05) is 6.54 Å². The van der Waals surface area contributed by atoms with Gasteiger partial charge in [-0.2, -0.15) is 5.10 Å². The molecular formula is C28H30F2N4O2S. The second-order valence-electron chi connectivity index (χ2n) is 8.90. The maximum atomic E-state index is 13.8. The fourth-order valence-electron chi connectivity index (χ4n) is 4.14. The smallest absolute Gasteiger partial charge is 0.242 e. The van der Waals surface area contributed by atoms with Crippen LogP contribution in [-0.2, 0) is 30.7 Å². The van der Waals surface area contributed by atoms with E-state index in [1.54, 1.807) is 17.5 Å². The summed E-state index contributed by atoms with van der Waals surface area (Å²) < 4.78 is 29.1. The van der Waals surface area contributed by atoms with E-state index in [2.05, 4.69) is 34.8 Å². The van der Waals surface area contributed by atoms with Gasteiger partial charge in [0.25, 0.3) is 0 Å². The molecule has 2 atom stereocenters. The second-order valence-corrected chi connectivity index (χ2v) is 9.85. The van der Waals surface area contributed by atoms with Crippen LogP contribution in [0.25, 0.3) is 10.6 Å². The van der Waals surface area contributed by atoms with Crippen molar-refractivity contribution in [2.24, 2.45) is 0 Å². The molecule has 0 unspecified atom stereocenters. The molecule has 0 aliphatic carbocycles. The molecule has 4 aromatic rings. The number of nitrogens with one attached hydrogen (secondary N) is 2. The number of amides is 1. The molecule has 1 amide bonds. The highest BCUT2D eigenvalue weighted by molar-refractivity contribution is 7.13. The first-order valence-electron chi connectivity index (χ1n) is 12.2. The Labute approximate surface area is 219 Å². The minimum atomic E-state index is -0.996. The summed E-state index contributed by atoms with van der Waals surface area (Å²) in [5, 5.41) is 23.4. The third kappa shape index (κ3) is 7.79. The van der Waals surface area contributed by atoms with Crippen molar-refractivity contribution in [1.29, 1.82) is 0 Å².